The van der Waals surface area contributed by atoms with Gasteiger partial charge < -0.3 is 11.1 Å². The molecule has 2 unspecified atom stereocenters. The highest BCUT2D eigenvalue weighted by molar-refractivity contribution is 8.00. The summed E-state index contributed by atoms with van der Waals surface area (Å²) >= 11 is 7.32. The van der Waals surface area contributed by atoms with Gasteiger partial charge in [-0.15, -0.1) is 23.4 Å². The maximum absolute atomic E-state index is 11.9. The number of anilines is 1. The second-order valence-corrected chi connectivity index (χ2v) is 8.81. The number of nitrogens with two attached hydrogens (primary N) is 1. The summed E-state index contributed by atoms with van der Waals surface area (Å²) in [6.45, 7) is 1.94. The van der Waals surface area contributed by atoms with E-state index in [1.807, 2.05) is 19.1 Å². The van der Waals surface area contributed by atoms with Gasteiger partial charge in [0.2, 0.25) is 5.91 Å². The van der Waals surface area contributed by atoms with E-state index in [2.05, 4.69) is 5.32 Å². The number of rotatable bonds is 4. The van der Waals surface area contributed by atoms with Gasteiger partial charge in [-0.2, -0.15) is 0 Å². The number of sulfone groups is 1. The molecule has 1 heterocycles. The Morgan fingerprint density at radius 1 is 1.48 bits per heavy atom. The van der Waals surface area contributed by atoms with E-state index in [0.717, 1.165) is 10.5 Å². The first kappa shape index (κ1) is 16.5. The molecule has 3 N–H and O–H groups in total. The van der Waals surface area contributed by atoms with Crippen LogP contribution in [-0.2, 0) is 14.6 Å². The zero-order valence-corrected chi connectivity index (χ0v) is 13.9. The third-order valence-electron chi connectivity index (χ3n) is 3.20. The Morgan fingerprint density at radius 3 is 2.81 bits per heavy atom. The van der Waals surface area contributed by atoms with Crippen LogP contribution in [0, 0.1) is 6.92 Å². The zero-order valence-electron chi connectivity index (χ0n) is 11.5. The molecule has 0 radical (unpaired) electrons. The Kier molecular flexibility index (Phi) is 5.06. The molecule has 1 fully saturated rings. The number of nitrogens with one attached hydrogen (secondary N) is 1. The van der Waals surface area contributed by atoms with Crippen LogP contribution in [0.2, 0.25) is 0 Å². The van der Waals surface area contributed by atoms with Gasteiger partial charge in [0.1, 0.15) is 0 Å². The molecule has 5 nitrogen and oxygen atoms in total. The quantitative estimate of drug-likeness (QED) is 0.484. The topological polar surface area (TPSA) is 89.3 Å². The lowest BCUT2D eigenvalue weighted by Crippen LogP contribution is -2.41. The predicted molar refractivity (Wildman–Crippen MR) is 86.5 cm³/mol. The summed E-state index contributed by atoms with van der Waals surface area (Å²) in [5, 5.41) is 2.13. The van der Waals surface area contributed by atoms with Crippen molar-refractivity contribution >= 4 is 44.8 Å². The molecule has 0 bridgehead atoms. The third-order valence-corrected chi connectivity index (χ3v) is 6.73. The van der Waals surface area contributed by atoms with Gasteiger partial charge in [0.05, 0.1) is 28.7 Å². The monoisotopic (exact) mass is 348 g/mol. The van der Waals surface area contributed by atoms with Gasteiger partial charge in [0.15, 0.2) is 9.84 Å². The first-order valence-electron chi connectivity index (χ1n) is 6.39. The van der Waals surface area contributed by atoms with E-state index in [0.29, 0.717) is 5.69 Å². The largest absolute Gasteiger partial charge is 0.399 e. The van der Waals surface area contributed by atoms with Crippen molar-refractivity contribution in [3.63, 3.8) is 0 Å². The molecule has 116 valence electrons. The highest BCUT2D eigenvalue weighted by atomic mass is 35.5. The highest BCUT2D eigenvalue weighted by Gasteiger charge is 2.37. The maximum Gasteiger partial charge on any atom is 0.230 e. The SMILES string of the molecule is Cc1ccc(N)cc1SCC(=O)NC1CS(=O)(=O)CC1Cl. The highest BCUT2D eigenvalue weighted by Crippen LogP contribution is 2.25. The fourth-order valence-electron chi connectivity index (χ4n) is 2.10. The van der Waals surface area contributed by atoms with Gasteiger partial charge in [-0.1, -0.05) is 6.07 Å². The number of aryl methyl sites for hydroxylation is 1. The number of halogens is 1. The Hall–Kier alpha value is -0.920. The number of alkyl halides is 1. The summed E-state index contributed by atoms with van der Waals surface area (Å²) in [4.78, 5) is 12.8. The average molecular weight is 349 g/mol. The zero-order chi connectivity index (χ0) is 15.6. The molecule has 2 atom stereocenters. The van der Waals surface area contributed by atoms with E-state index in [-0.39, 0.29) is 23.2 Å². The predicted octanol–water partition coefficient (Wildman–Crippen LogP) is 1.19. The molecule has 1 aromatic carbocycles. The molecule has 1 amide bonds. The van der Waals surface area contributed by atoms with Gasteiger partial charge in [0.25, 0.3) is 0 Å². The van der Waals surface area contributed by atoms with Crippen LogP contribution < -0.4 is 11.1 Å². The van der Waals surface area contributed by atoms with Gasteiger partial charge >= 0.3 is 0 Å². The maximum atomic E-state index is 11.9. The van der Waals surface area contributed by atoms with Crippen LogP contribution in [0.1, 0.15) is 5.56 Å². The fourth-order valence-corrected chi connectivity index (χ4v) is 5.54. The molecule has 21 heavy (non-hydrogen) atoms. The van der Waals surface area contributed by atoms with Gasteiger partial charge in [-0.25, -0.2) is 8.42 Å². The Balaban J connectivity index is 1.90. The normalized spacial score (nSPS) is 23.9. The van der Waals surface area contributed by atoms with Crippen molar-refractivity contribution in [1.82, 2.24) is 5.32 Å². The van der Waals surface area contributed by atoms with E-state index in [4.69, 9.17) is 17.3 Å². The molecule has 1 aliphatic heterocycles. The van der Waals surface area contributed by atoms with Crippen molar-refractivity contribution in [2.75, 3.05) is 23.0 Å². The summed E-state index contributed by atoms with van der Waals surface area (Å²) in [7, 11) is -3.14. The molecular weight excluding hydrogens is 332 g/mol. The fraction of sp³-hybridized carbons (Fsp3) is 0.462. The van der Waals surface area contributed by atoms with Crippen LogP contribution >= 0.6 is 23.4 Å². The molecule has 1 aliphatic rings. The van der Waals surface area contributed by atoms with E-state index >= 15 is 0 Å². The van der Waals surface area contributed by atoms with Crippen LogP contribution in [0.3, 0.4) is 0 Å². The van der Waals surface area contributed by atoms with E-state index < -0.39 is 21.3 Å². The number of thioether (sulfide) groups is 1. The van der Waals surface area contributed by atoms with E-state index in [1.54, 1.807) is 6.07 Å². The second kappa shape index (κ2) is 6.46. The first-order chi connectivity index (χ1) is 9.77. The summed E-state index contributed by atoms with van der Waals surface area (Å²) in [6, 6.07) is 5.01. The lowest BCUT2D eigenvalue weighted by atomic mass is 10.2. The third kappa shape index (κ3) is 4.52. The van der Waals surface area contributed by atoms with Gasteiger partial charge in [-0.05, 0) is 24.6 Å². The summed E-state index contributed by atoms with van der Waals surface area (Å²) in [5.41, 5.74) is 7.40. The Bertz CT molecular complexity index is 649. The average Bonchev–Trinajstić information content (AvgIpc) is 2.63. The van der Waals surface area contributed by atoms with Crippen molar-refractivity contribution in [3.8, 4) is 0 Å². The molecule has 0 aromatic heterocycles. The molecule has 1 saturated heterocycles. The van der Waals surface area contributed by atoms with Crippen molar-refractivity contribution in [3.05, 3.63) is 23.8 Å². The molecule has 0 saturated carbocycles. The smallest absolute Gasteiger partial charge is 0.230 e. The lowest BCUT2D eigenvalue weighted by Gasteiger charge is -2.14. The minimum Gasteiger partial charge on any atom is -0.399 e. The molecule has 2 rings (SSSR count). The van der Waals surface area contributed by atoms with Crippen molar-refractivity contribution < 1.29 is 13.2 Å². The van der Waals surface area contributed by atoms with E-state index in [9.17, 15) is 13.2 Å². The molecule has 0 aliphatic carbocycles. The summed E-state index contributed by atoms with van der Waals surface area (Å²) in [6.07, 6.45) is 0. The summed E-state index contributed by atoms with van der Waals surface area (Å²) < 4.78 is 22.9. The van der Waals surface area contributed by atoms with Gasteiger partial charge in [-0.3, -0.25) is 4.79 Å². The van der Waals surface area contributed by atoms with Crippen molar-refractivity contribution in [2.45, 2.75) is 23.2 Å². The Morgan fingerprint density at radius 2 is 2.19 bits per heavy atom. The number of benzene rings is 1. The number of amides is 1. The lowest BCUT2D eigenvalue weighted by molar-refractivity contribution is -0.119. The van der Waals surface area contributed by atoms with Crippen LogP contribution in [0.5, 0.6) is 0 Å². The number of carbonyl (C=O) groups excluding carboxylic acids is 1. The van der Waals surface area contributed by atoms with Crippen LogP contribution in [0.15, 0.2) is 23.1 Å². The van der Waals surface area contributed by atoms with Crippen LogP contribution in [-0.4, -0.2) is 43.0 Å². The van der Waals surface area contributed by atoms with Crippen molar-refractivity contribution in [2.24, 2.45) is 0 Å². The first-order valence-corrected chi connectivity index (χ1v) is 9.64. The number of carbonyl (C=O) groups is 1. The van der Waals surface area contributed by atoms with Crippen LogP contribution in [0.4, 0.5) is 5.69 Å². The number of hydrogen-bond acceptors (Lipinski definition) is 5. The van der Waals surface area contributed by atoms with E-state index in [1.165, 1.54) is 11.8 Å². The standard InChI is InChI=1S/C13H17ClN2O3S2/c1-8-2-3-9(15)4-12(8)20-5-13(17)16-11-7-21(18,19)6-10(11)14/h2-4,10-11H,5-7,15H2,1H3,(H,16,17). The van der Waals surface area contributed by atoms with Crippen LogP contribution in [0.25, 0.3) is 0 Å². The molecule has 1 aromatic rings. The minimum atomic E-state index is -3.14. The number of hydrogen-bond donors (Lipinski definition) is 2. The minimum absolute atomic E-state index is 0.0824. The Labute approximate surface area is 133 Å². The van der Waals surface area contributed by atoms with Crippen molar-refractivity contribution in [1.29, 1.82) is 0 Å². The molecule has 0 spiro atoms. The van der Waals surface area contributed by atoms with Gasteiger partial charge in [0, 0.05) is 10.6 Å². The summed E-state index contributed by atoms with van der Waals surface area (Å²) in [5.74, 6) is -0.199. The molecular formula is C13H17ClN2O3S2. The second-order valence-electron chi connectivity index (χ2n) is 5.08. The number of nitrogen functional groups attached to an aromatic ring is 1. The molecule has 8 heteroatoms.